The molecule has 0 aliphatic carbocycles. The molecule has 1 aliphatic rings. The van der Waals surface area contributed by atoms with Crippen molar-refractivity contribution in [2.75, 3.05) is 29.9 Å². The number of fused-ring (bicyclic) bond motifs is 2. The van der Waals surface area contributed by atoms with Crippen LogP contribution in [0.1, 0.15) is 19.8 Å². The Labute approximate surface area is 187 Å². The topological polar surface area (TPSA) is 67.4 Å². The first-order chi connectivity index (χ1) is 15.7. The average Bonchev–Trinajstić information content (AvgIpc) is 2.84. The average molecular weight is 427 g/mol. The molecule has 0 saturated carbocycles. The number of carbonyl (C=O) groups is 1. The summed E-state index contributed by atoms with van der Waals surface area (Å²) in [4.78, 5) is 24.9. The van der Waals surface area contributed by atoms with Crippen LogP contribution >= 0.6 is 0 Å². The van der Waals surface area contributed by atoms with Crippen molar-refractivity contribution in [3.8, 4) is 5.88 Å². The fourth-order valence-electron chi connectivity index (χ4n) is 4.37. The predicted octanol–water partition coefficient (Wildman–Crippen LogP) is 5.04. The quantitative estimate of drug-likeness (QED) is 0.484. The van der Waals surface area contributed by atoms with E-state index in [1.807, 2.05) is 61.5 Å². The number of ether oxygens (including phenoxy) is 1. The highest BCUT2D eigenvalue weighted by Crippen LogP contribution is 2.31. The number of piperidine rings is 1. The number of anilines is 2. The van der Waals surface area contributed by atoms with Gasteiger partial charge in [-0.15, -0.1) is 0 Å². The number of benzene rings is 3. The molecule has 0 radical (unpaired) electrons. The first kappa shape index (κ1) is 20.2. The van der Waals surface area contributed by atoms with E-state index < -0.39 is 0 Å². The Morgan fingerprint density at radius 2 is 1.78 bits per heavy atom. The lowest BCUT2D eigenvalue weighted by Gasteiger charge is -2.33. The lowest BCUT2D eigenvalue weighted by atomic mass is 9.96. The van der Waals surface area contributed by atoms with E-state index in [-0.39, 0.29) is 11.8 Å². The minimum Gasteiger partial charge on any atom is -0.475 e. The third kappa shape index (κ3) is 3.96. The number of nitrogens with zero attached hydrogens (tertiary/aromatic N) is 3. The van der Waals surface area contributed by atoms with Gasteiger partial charge in [0.25, 0.3) is 5.88 Å². The van der Waals surface area contributed by atoms with E-state index in [0.29, 0.717) is 24.8 Å². The Morgan fingerprint density at radius 1 is 1.03 bits per heavy atom. The molecule has 0 bridgehead atoms. The summed E-state index contributed by atoms with van der Waals surface area (Å²) in [5, 5.41) is 5.33. The Hall–Kier alpha value is -3.67. The minimum absolute atomic E-state index is 0.0396. The highest BCUT2D eigenvalue weighted by atomic mass is 16.5. The van der Waals surface area contributed by atoms with Crippen LogP contribution in [0.4, 0.5) is 11.5 Å². The minimum atomic E-state index is -0.134. The van der Waals surface area contributed by atoms with Crippen molar-refractivity contribution in [2.45, 2.75) is 19.8 Å². The number of hydrogen-bond acceptors (Lipinski definition) is 5. The fraction of sp³-hybridized carbons (Fsp3) is 0.269. The molecule has 1 aromatic heterocycles. The van der Waals surface area contributed by atoms with Crippen molar-refractivity contribution in [3.63, 3.8) is 0 Å². The summed E-state index contributed by atoms with van der Waals surface area (Å²) in [6.07, 6.45) is 1.76. The van der Waals surface area contributed by atoms with Crippen LogP contribution < -0.4 is 15.0 Å². The number of para-hydroxylation sites is 2. The number of hydrogen-bond donors (Lipinski definition) is 1. The second kappa shape index (κ2) is 8.83. The van der Waals surface area contributed by atoms with Gasteiger partial charge in [-0.2, -0.15) is 0 Å². The van der Waals surface area contributed by atoms with Crippen molar-refractivity contribution in [1.82, 2.24) is 9.97 Å². The highest BCUT2D eigenvalue weighted by Gasteiger charge is 2.29. The molecule has 32 heavy (non-hydrogen) atoms. The summed E-state index contributed by atoms with van der Waals surface area (Å²) in [7, 11) is 0. The van der Waals surface area contributed by atoms with Crippen molar-refractivity contribution < 1.29 is 9.53 Å². The van der Waals surface area contributed by atoms with Crippen LogP contribution in [0.3, 0.4) is 0 Å². The molecule has 3 aromatic carbocycles. The van der Waals surface area contributed by atoms with Gasteiger partial charge in [-0.3, -0.25) is 4.79 Å². The first-order valence-electron chi connectivity index (χ1n) is 11.2. The molecule has 4 aromatic rings. The second-order valence-electron chi connectivity index (χ2n) is 8.08. The summed E-state index contributed by atoms with van der Waals surface area (Å²) in [5.74, 6) is 1.15. The predicted molar refractivity (Wildman–Crippen MR) is 128 cm³/mol. The van der Waals surface area contributed by atoms with Crippen molar-refractivity contribution >= 4 is 39.2 Å². The largest absolute Gasteiger partial charge is 0.475 e. The zero-order valence-corrected chi connectivity index (χ0v) is 18.1. The monoisotopic (exact) mass is 426 g/mol. The Morgan fingerprint density at radius 3 is 2.62 bits per heavy atom. The maximum Gasteiger partial charge on any atom is 0.258 e. The Balaban J connectivity index is 1.39. The SMILES string of the molecule is CCOc1nc2ccccc2nc1N1CCC[C@H](C(=O)Nc2cccc3ccccc23)C1. The number of aromatic nitrogens is 2. The lowest BCUT2D eigenvalue weighted by molar-refractivity contribution is -0.120. The van der Waals surface area contributed by atoms with E-state index in [1.165, 1.54) is 0 Å². The first-order valence-corrected chi connectivity index (χ1v) is 11.2. The number of nitrogens with one attached hydrogen (secondary N) is 1. The zero-order valence-electron chi connectivity index (χ0n) is 18.1. The normalized spacial score (nSPS) is 16.3. The van der Waals surface area contributed by atoms with Gasteiger partial charge in [0.2, 0.25) is 5.91 Å². The highest BCUT2D eigenvalue weighted by molar-refractivity contribution is 6.03. The van der Waals surface area contributed by atoms with E-state index in [0.717, 1.165) is 46.9 Å². The molecular formula is C26H26N4O2. The smallest absolute Gasteiger partial charge is 0.258 e. The van der Waals surface area contributed by atoms with Crippen LogP contribution in [-0.2, 0) is 4.79 Å². The summed E-state index contributed by atoms with van der Waals surface area (Å²) in [6.45, 7) is 3.87. The molecule has 6 heteroatoms. The fourth-order valence-corrected chi connectivity index (χ4v) is 4.37. The Bertz CT molecular complexity index is 1270. The van der Waals surface area contributed by atoms with Crippen LogP contribution in [-0.4, -0.2) is 35.6 Å². The number of carbonyl (C=O) groups excluding carboxylic acids is 1. The van der Waals surface area contributed by atoms with Crippen LogP contribution in [0.2, 0.25) is 0 Å². The molecule has 1 amide bonds. The molecule has 2 heterocycles. The van der Waals surface area contributed by atoms with E-state index >= 15 is 0 Å². The molecule has 1 atom stereocenters. The van der Waals surface area contributed by atoms with Crippen LogP contribution in [0.5, 0.6) is 5.88 Å². The van der Waals surface area contributed by atoms with Crippen molar-refractivity contribution in [1.29, 1.82) is 0 Å². The number of rotatable bonds is 5. The molecule has 1 fully saturated rings. The maximum atomic E-state index is 13.2. The molecule has 0 unspecified atom stereocenters. The summed E-state index contributed by atoms with van der Waals surface area (Å²) < 4.78 is 5.82. The molecule has 162 valence electrons. The number of amides is 1. The van der Waals surface area contributed by atoms with Crippen molar-refractivity contribution in [3.05, 3.63) is 66.7 Å². The maximum absolute atomic E-state index is 13.2. The molecule has 0 spiro atoms. The van der Waals surface area contributed by atoms with Crippen LogP contribution in [0, 0.1) is 5.92 Å². The van der Waals surface area contributed by atoms with Gasteiger partial charge < -0.3 is 15.0 Å². The van der Waals surface area contributed by atoms with Crippen molar-refractivity contribution in [2.24, 2.45) is 5.92 Å². The summed E-state index contributed by atoms with van der Waals surface area (Å²) in [5.41, 5.74) is 2.49. The third-order valence-electron chi connectivity index (χ3n) is 5.94. The van der Waals surface area contributed by atoms with Gasteiger partial charge >= 0.3 is 0 Å². The van der Waals surface area contributed by atoms with E-state index in [9.17, 15) is 4.79 Å². The Kier molecular flexibility index (Phi) is 5.58. The molecule has 1 saturated heterocycles. The van der Waals surface area contributed by atoms with Crippen LogP contribution in [0.25, 0.3) is 21.8 Å². The van der Waals surface area contributed by atoms with Gasteiger partial charge in [-0.05, 0) is 43.4 Å². The van der Waals surface area contributed by atoms with Gasteiger partial charge in [-0.25, -0.2) is 9.97 Å². The molecule has 1 aliphatic heterocycles. The molecule has 6 nitrogen and oxygen atoms in total. The lowest BCUT2D eigenvalue weighted by Crippen LogP contribution is -2.41. The van der Waals surface area contributed by atoms with Gasteiger partial charge in [-0.1, -0.05) is 48.5 Å². The zero-order chi connectivity index (χ0) is 21.9. The van der Waals surface area contributed by atoms with Gasteiger partial charge in [0, 0.05) is 24.2 Å². The summed E-state index contributed by atoms with van der Waals surface area (Å²) >= 11 is 0. The van der Waals surface area contributed by atoms with E-state index in [4.69, 9.17) is 9.72 Å². The van der Waals surface area contributed by atoms with Crippen LogP contribution in [0.15, 0.2) is 66.7 Å². The molecule has 5 rings (SSSR count). The van der Waals surface area contributed by atoms with Gasteiger partial charge in [0.1, 0.15) is 0 Å². The van der Waals surface area contributed by atoms with Gasteiger partial charge in [0.15, 0.2) is 5.82 Å². The molecular weight excluding hydrogens is 400 g/mol. The van der Waals surface area contributed by atoms with E-state index in [1.54, 1.807) is 0 Å². The van der Waals surface area contributed by atoms with E-state index in [2.05, 4.69) is 27.3 Å². The standard InChI is InChI=1S/C26H26N4O2/c1-2-32-26-24(27-22-13-5-6-14-23(22)29-26)30-16-8-11-19(17-30)25(31)28-21-15-7-10-18-9-3-4-12-20(18)21/h3-7,9-10,12-15,19H,2,8,11,16-17H2,1H3,(H,28,31)/t19-/m0/s1. The second-order valence-corrected chi connectivity index (χ2v) is 8.08. The molecule has 1 N–H and O–H groups in total. The van der Waals surface area contributed by atoms with Gasteiger partial charge in [0.05, 0.1) is 23.6 Å². The summed E-state index contributed by atoms with van der Waals surface area (Å²) in [6, 6.07) is 21.9. The third-order valence-corrected chi connectivity index (χ3v) is 5.94.